The highest BCUT2D eigenvalue weighted by molar-refractivity contribution is 6.21. The highest BCUT2D eigenvalue weighted by atomic mass is 16.5. The van der Waals surface area contributed by atoms with Crippen LogP contribution in [-0.4, -0.2) is 53.6 Å². The van der Waals surface area contributed by atoms with E-state index in [1.807, 2.05) is 0 Å². The van der Waals surface area contributed by atoms with Gasteiger partial charge >= 0.3 is 5.97 Å². The van der Waals surface area contributed by atoms with Crippen LogP contribution in [0.2, 0.25) is 0 Å². The summed E-state index contributed by atoms with van der Waals surface area (Å²) in [5, 5.41) is 0. The van der Waals surface area contributed by atoms with Crippen molar-refractivity contribution in [3.8, 4) is 0 Å². The first-order valence-electron chi connectivity index (χ1n) is 10.4. The van der Waals surface area contributed by atoms with Crippen molar-refractivity contribution in [2.75, 3.05) is 18.0 Å². The molecule has 4 rings (SSSR count). The third kappa shape index (κ3) is 3.79. The smallest absolute Gasteiger partial charge is 0.308 e. The maximum Gasteiger partial charge on any atom is 0.308 e. The molecule has 1 atom stereocenters. The van der Waals surface area contributed by atoms with Gasteiger partial charge in [-0.3, -0.25) is 28.9 Å². The number of fused-ring (bicyclic) bond motifs is 2. The zero-order chi connectivity index (χ0) is 23.0. The second-order valence-electron chi connectivity index (χ2n) is 7.82. The predicted octanol–water partition coefficient (Wildman–Crippen LogP) is 2.40. The molecular formula is C24H22N2O6. The lowest BCUT2D eigenvalue weighted by Gasteiger charge is -2.17. The zero-order valence-corrected chi connectivity index (χ0v) is 17.8. The van der Waals surface area contributed by atoms with E-state index < -0.39 is 23.9 Å². The molecule has 2 aliphatic heterocycles. The Morgan fingerprint density at radius 2 is 1.69 bits per heavy atom. The predicted molar refractivity (Wildman–Crippen MR) is 114 cm³/mol. The van der Waals surface area contributed by atoms with Gasteiger partial charge in [0.2, 0.25) is 11.7 Å². The molecule has 0 radical (unpaired) electrons. The fraction of sp³-hybridized carbons (Fsp3) is 0.292. The van der Waals surface area contributed by atoms with Crippen LogP contribution >= 0.6 is 0 Å². The fourth-order valence-corrected chi connectivity index (χ4v) is 4.07. The summed E-state index contributed by atoms with van der Waals surface area (Å²) in [7, 11) is 0. The van der Waals surface area contributed by atoms with E-state index in [1.54, 1.807) is 47.4 Å². The van der Waals surface area contributed by atoms with Crippen molar-refractivity contribution in [2.45, 2.75) is 32.8 Å². The first-order valence-corrected chi connectivity index (χ1v) is 10.4. The number of esters is 1. The third-order valence-corrected chi connectivity index (χ3v) is 5.73. The molecule has 0 spiro atoms. The van der Waals surface area contributed by atoms with Gasteiger partial charge in [-0.15, -0.1) is 0 Å². The summed E-state index contributed by atoms with van der Waals surface area (Å²) < 4.78 is 5.25. The number of ether oxygens (including phenoxy) is 1. The molecule has 3 amide bonds. The molecule has 0 aromatic heterocycles. The standard InChI is InChI=1S/C24H22N2O6/c1-14(22(29)17-7-8-20-16(13-17)9-11-25(20)15(2)27)32-21(28)10-12-26-23(30)18-5-3-4-6-19(18)24(26)31/h3-8,13-14H,9-12H2,1-2H3/t14-/m1/s1. The molecule has 0 aliphatic carbocycles. The Morgan fingerprint density at radius 3 is 2.31 bits per heavy atom. The van der Waals surface area contributed by atoms with Gasteiger partial charge in [0.25, 0.3) is 11.8 Å². The van der Waals surface area contributed by atoms with Crippen LogP contribution in [0.1, 0.15) is 56.9 Å². The van der Waals surface area contributed by atoms with Crippen molar-refractivity contribution in [1.82, 2.24) is 4.90 Å². The number of ketones is 1. The lowest BCUT2D eigenvalue weighted by atomic mass is 10.0. The minimum atomic E-state index is -1.02. The van der Waals surface area contributed by atoms with Crippen molar-refractivity contribution in [2.24, 2.45) is 0 Å². The van der Waals surface area contributed by atoms with Gasteiger partial charge in [0.05, 0.1) is 17.5 Å². The van der Waals surface area contributed by atoms with E-state index in [0.717, 1.165) is 16.2 Å². The first kappa shape index (κ1) is 21.4. The van der Waals surface area contributed by atoms with E-state index in [2.05, 4.69) is 0 Å². The fourth-order valence-electron chi connectivity index (χ4n) is 4.07. The third-order valence-electron chi connectivity index (χ3n) is 5.73. The van der Waals surface area contributed by atoms with Crippen LogP contribution in [0.25, 0.3) is 0 Å². The molecule has 0 unspecified atom stereocenters. The summed E-state index contributed by atoms with van der Waals surface area (Å²) in [5.41, 5.74) is 2.72. The number of Topliss-reactive ketones (excluding diaryl/α,β-unsaturated/α-hetero) is 1. The number of anilines is 1. The lowest BCUT2D eigenvalue weighted by molar-refractivity contribution is -0.146. The Labute approximate surface area is 184 Å². The SMILES string of the molecule is CC(=O)N1CCc2cc(C(=O)[C@@H](C)OC(=O)CCN3C(=O)c4ccccc4C3=O)ccc21. The van der Waals surface area contributed by atoms with Crippen molar-refractivity contribution in [3.05, 3.63) is 64.7 Å². The van der Waals surface area contributed by atoms with E-state index in [-0.39, 0.29) is 24.7 Å². The van der Waals surface area contributed by atoms with Gasteiger partial charge in [-0.05, 0) is 49.2 Å². The van der Waals surface area contributed by atoms with Crippen LogP contribution < -0.4 is 4.90 Å². The van der Waals surface area contributed by atoms with Gasteiger partial charge in [0, 0.05) is 31.3 Å². The van der Waals surface area contributed by atoms with Crippen molar-refractivity contribution in [1.29, 1.82) is 0 Å². The van der Waals surface area contributed by atoms with Crippen molar-refractivity contribution in [3.63, 3.8) is 0 Å². The molecule has 0 N–H and O–H groups in total. The highest BCUT2D eigenvalue weighted by Crippen LogP contribution is 2.29. The maximum absolute atomic E-state index is 12.7. The highest BCUT2D eigenvalue weighted by Gasteiger charge is 2.35. The molecule has 2 aromatic carbocycles. The van der Waals surface area contributed by atoms with E-state index in [4.69, 9.17) is 4.74 Å². The van der Waals surface area contributed by atoms with Crippen LogP contribution in [0, 0.1) is 0 Å². The van der Waals surface area contributed by atoms with Crippen molar-refractivity contribution >= 4 is 35.2 Å². The number of rotatable bonds is 6. The molecule has 0 fully saturated rings. The Hall–Kier alpha value is -3.81. The Balaban J connectivity index is 1.34. The summed E-state index contributed by atoms with van der Waals surface area (Å²) in [5.74, 6) is -1.97. The van der Waals surface area contributed by atoms with Crippen LogP contribution in [0.15, 0.2) is 42.5 Å². The molecule has 8 nitrogen and oxygen atoms in total. The van der Waals surface area contributed by atoms with Gasteiger partial charge < -0.3 is 9.64 Å². The first-order chi connectivity index (χ1) is 15.3. The number of amides is 3. The Kier molecular flexibility index (Phi) is 5.61. The maximum atomic E-state index is 12.7. The second-order valence-corrected chi connectivity index (χ2v) is 7.82. The number of benzene rings is 2. The monoisotopic (exact) mass is 434 g/mol. The second kappa shape index (κ2) is 8.37. The summed E-state index contributed by atoms with van der Waals surface area (Å²) >= 11 is 0. The van der Waals surface area contributed by atoms with Gasteiger partial charge in [-0.1, -0.05) is 12.1 Å². The average molecular weight is 434 g/mol. The molecule has 2 heterocycles. The van der Waals surface area contributed by atoms with Gasteiger partial charge in [-0.25, -0.2) is 0 Å². The molecule has 0 bridgehead atoms. The van der Waals surface area contributed by atoms with Crippen molar-refractivity contribution < 1.29 is 28.7 Å². The Morgan fingerprint density at radius 1 is 1.03 bits per heavy atom. The van der Waals surface area contributed by atoms with E-state index >= 15 is 0 Å². The normalized spacial score (nSPS) is 15.4. The number of carbonyl (C=O) groups is 5. The number of carbonyl (C=O) groups excluding carboxylic acids is 5. The molecule has 32 heavy (non-hydrogen) atoms. The summed E-state index contributed by atoms with van der Waals surface area (Å²) in [6.07, 6.45) is -0.571. The minimum absolute atomic E-state index is 0.0526. The number of hydrogen-bond donors (Lipinski definition) is 0. The number of nitrogens with zero attached hydrogens (tertiary/aromatic N) is 2. The molecule has 2 aromatic rings. The van der Waals surface area contributed by atoms with Gasteiger partial charge in [-0.2, -0.15) is 0 Å². The van der Waals surface area contributed by atoms with Gasteiger partial charge in [0.15, 0.2) is 6.10 Å². The van der Waals surface area contributed by atoms with Crippen LogP contribution in [0.3, 0.4) is 0 Å². The number of imide groups is 1. The largest absolute Gasteiger partial charge is 0.454 e. The Bertz CT molecular complexity index is 1120. The van der Waals surface area contributed by atoms with Crippen LogP contribution in [0.5, 0.6) is 0 Å². The summed E-state index contributed by atoms with van der Waals surface area (Å²) in [4.78, 5) is 64.1. The van der Waals surface area contributed by atoms with Crippen LogP contribution in [0.4, 0.5) is 5.69 Å². The molecule has 164 valence electrons. The zero-order valence-electron chi connectivity index (χ0n) is 17.8. The number of hydrogen-bond acceptors (Lipinski definition) is 6. The van der Waals surface area contributed by atoms with E-state index in [1.165, 1.54) is 13.8 Å². The van der Waals surface area contributed by atoms with Gasteiger partial charge in [0.1, 0.15) is 0 Å². The van der Waals surface area contributed by atoms with E-state index in [0.29, 0.717) is 29.7 Å². The topological polar surface area (TPSA) is 101 Å². The summed E-state index contributed by atoms with van der Waals surface area (Å²) in [6.45, 7) is 3.44. The van der Waals surface area contributed by atoms with Crippen LogP contribution in [-0.2, 0) is 20.7 Å². The molecule has 0 saturated carbocycles. The molecular weight excluding hydrogens is 412 g/mol. The summed E-state index contributed by atoms with van der Waals surface area (Å²) in [6, 6.07) is 11.6. The minimum Gasteiger partial charge on any atom is -0.454 e. The average Bonchev–Trinajstić information content (AvgIpc) is 3.31. The molecule has 0 saturated heterocycles. The quantitative estimate of drug-likeness (QED) is 0.393. The molecule has 8 heteroatoms. The van der Waals surface area contributed by atoms with E-state index in [9.17, 15) is 24.0 Å². The molecule has 2 aliphatic rings. The lowest BCUT2D eigenvalue weighted by Crippen LogP contribution is -2.33.